The maximum atomic E-state index is 2.62. The van der Waals surface area contributed by atoms with Crippen molar-refractivity contribution in [2.24, 2.45) is 0 Å². The van der Waals surface area contributed by atoms with Gasteiger partial charge in [-0.05, 0) is 56.5 Å². The lowest BCUT2D eigenvalue weighted by Gasteiger charge is -2.28. The van der Waals surface area contributed by atoms with Crippen molar-refractivity contribution in [3.8, 4) is 11.1 Å². The van der Waals surface area contributed by atoms with Crippen molar-refractivity contribution in [3.63, 3.8) is 0 Å². The van der Waals surface area contributed by atoms with Gasteiger partial charge in [0, 0.05) is 48.5 Å². The minimum absolute atomic E-state index is 1.18. The van der Waals surface area contributed by atoms with Crippen molar-refractivity contribution in [2.45, 2.75) is 39.5 Å². The number of anilines is 2. The monoisotopic (exact) mass is 370 g/mol. The Morgan fingerprint density at radius 3 is 1.79 bits per heavy atom. The molecule has 0 radical (unpaired) electrons. The summed E-state index contributed by atoms with van der Waals surface area (Å²) in [4.78, 5) is 5.23. The van der Waals surface area contributed by atoms with Crippen molar-refractivity contribution in [2.75, 3.05) is 36.0 Å². The van der Waals surface area contributed by atoms with E-state index in [4.69, 9.17) is 0 Å². The Balaban J connectivity index is 1.81. The molecule has 5 rings (SSSR count). The highest BCUT2D eigenvalue weighted by Crippen LogP contribution is 2.44. The minimum Gasteiger partial charge on any atom is -0.371 e. The fraction of sp³-hybridized carbons (Fsp3) is 0.385. The molecule has 2 saturated heterocycles. The maximum absolute atomic E-state index is 2.62. The Morgan fingerprint density at radius 2 is 1.14 bits per heavy atom. The summed E-state index contributed by atoms with van der Waals surface area (Å²) in [5.74, 6) is 0. The molecule has 3 aromatic rings. The van der Waals surface area contributed by atoms with Gasteiger partial charge >= 0.3 is 0 Å². The Hall–Kier alpha value is -2.48. The summed E-state index contributed by atoms with van der Waals surface area (Å²) >= 11 is 0. The molecule has 0 amide bonds. The van der Waals surface area contributed by atoms with Crippen molar-refractivity contribution in [3.05, 3.63) is 59.7 Å². The lowest BCUT2D eigenvalue weighted by atomic mass is 9.92. The van der Waals surface area contributed by atoms with Crippen LogP contribution < -0.4 is 9.80 Å². The van der Waals surface area contributed by atoms with Crippen LogP contribution in [0.5, 0.6) is 0 Å². The molecular formula is C26H30N2. The summed E-state index contributed by atoms with van der Waals surface area (Å²) in [6.07, 6.45) is 5.23. The summed E-state index contributed by atoms with van der Waals surface area (Å²) < 4.78 is 0. The molecule has 2 aliphatic heterocycles. The van der Waals surface area contributed by atoms with Gasteiger partial charge in [0.25, 0.3) is 0 Å². The third-order valence-electron chi connectivity index (χ3n) is 6.48. The first-order valence-electron chi connectivity index (χ1n) is 10.8. The molecule has 0 spiro atoms. The zero-order valence-electron chi connectivity index (χ0n) is 17.2. The third kappa shape index (κ3) is 3.05. The Bertz CT molecular complexity index is 991. The van der Waals surface area contributed by atoms with Gasteiger partial charge in [-0.2, -0.15) is 0 Å². The van der Waals surface area contributed by atoms with E-state index in [1.807, 2.05) is 0 Å². The van der Waals surface area contributed by atoms with E-state index < -0.39 is 0 Å². The van der Waals surface area contributed by atoms with Crippen molar-refractivity contribution < 1.29 is 0 Å². The predicted molar refractivity (Wildman–Crippen MR) is 122 cm³/mol. The molecule has 3 aromatic carbocycles. The van der Waals surface area contributed by atoms with Crippen LogP contribution in [0, 0.1) is 13.8 Å². The molecule has 2 aliphatic rings. The highest BCUT2D eigenvalue weighted by molar-refractivity contribution is 6.09. The molecule has 0 bridgehead atoms. The Labute approximate surface area is 168 Å². The van der Waals surface area contributed by atoms with Gasteiger partial charge in [0.2, 0.25) is 0 Å². The fourth-order valence-electron chi connectivity index (χ4n) is 4.96. The third-order valence-corrected chi connectivity index (χ3v) is 6.48. The number of aryl methyl sites for hydroxylation is 2. The van der Waals surface area contributed by atoms with E-state index in [9.17, 15) is 0 Å². The summed E-state index contributed by atoms with van der Waals surface area (Å²) in [6, 6.07) is 18.6. The van der Waals surface area contributed by atoms with Crippen LogP contribution in [0.2, 0.25) is 0 Å². The lowest BCUT2D eigenvalue weighted by molar-refractivity contribution is 0.949. The normalized spacial score (nSPS) is 17.1. The minimum atomic E-state index is 1.18. The fourth-order valence-corrected chi connectivity index (χ4v) is 4.96. The quantitative estimate of drug-likeness (QED) is 0.532. The first kappa shape index (κ1) is 17.6. The standard InChI is InChI=1S/C26H30N2/c1-19-7-10-21(11-8-19)26-23-17-20(2)9-12-22(23)24(27-13-3-4-14-27)18-25(26)28-15-5-6-16-28/h7-12,17-18H,3-6,13-16H2,1-2H3. The number of nitrogens with zero attached hydrogens (tertiary/aromatic N) is 2. The number of hydrogen-bond acceptors (Lipinski definition) is 2. The Kier molecular flexibility index (Phi) is 4.50. The van der Waals surface area contributed by atoms with E-state index in [1.165, 1.54) is 96.3 Å². The van der Waals surface area contributed by atoms with Crippen LogP contribution in [-0.2, 0) is 0 Å². The zero-order chi connectivity index (χ0) is 19.1. The maximum Gasteiger partial charge on any atom is 0.0473 e. The molecule has 0 unspecified atom stereocenters. The second-order valence-corrected chi connectivity index (χ2v) is 8.59. The van der Waals surface area contributed by atoms with Gasteiger partial charge in [-0.25, -0.2) is 0 Å². The molecule has 2 fully saturated rings. The average Bonchev–Trinajstić information content (AvgIpc) is 3.41. The molecule has 28 heavy (non-hydrogen) atoms. The highest BCUT2D eigenvalue weighted by atomic mass is 15.2. The number of fused-ring (bicyclic) bond motifs is 1. The first-order chi connectivity index (χ1) is 13.7. The summed E-state index contributed by atoms with van der Waals surface area (Å²) in [7, 11) is 0. The molecule has 2 nitrogen and oxygen atoms in total. The zero-order valence-corrected chi connectivity index (χ0v) is 17.2. The number of hydrogen-bond donors (Lipinski definition) is 0. The van der Waals surface area contributed by atoms with Gasteiger partial charge in [-0.1, -0.05) is 53.6 Å². The average molecular weight is 371 g/mol. The van der Waals surface area contributed by atoms with E-state index in [-0.39, 0.29) is 0 Å². The highest BCUT2D eigenvalue weighted by Gasteiger charge is 2.24. The van der Waals surface area contributed by atoms with Gasteiger partial charge in [0.15, 0.2) is 0 Å². The van der Waals surface area contributed by atoms with Crippen molar-refractivity contribution in [1.82, 2.24) is 0 Å². The Morgan fingerprint density at radius 1 is 0.571 bits per heavy atom. The van der Waals surface area contributed by atoms with Crippen LogP contribution in [0.1, 0.15) is 36.8 Å². The molecule has 0 aliphatic carbocycles. The van der Waals surface area contributed by atoms with Crippen LogP contribution >= 0.6 is 0 Å². The molecular weight excluding hydrogens is 340 g/mol. The number of rotatable bonds is 3. The smallest absolute Gasteiger partial charge is 0.0473 e. The van der Waals surface area contributed by atoms with Gasteiger partial charge in [0.1, 0.15) is 0 Å². The van der Waals surface area contributed by atoms with E-state index >= 15 is 0 Å². The molecule has 144 valence electrons. The molecule has 2 heteroatoms. The summed E-state index contributed by atoms with van der Waals surface area (Å²) in [5.41, 5.74) is 8.29. The molecule has 2 heterocycles. The lowest BCUT2D eigenvalue weighted by Crippen LogP contribution is -2.22. The molecule has 0 saturated carbocycles. The van der Waals surface area contributed by atoms with Gasteiger partial charge < -0.3 is 9.80 Å². The summed E-state index contributed by atoms with van der Waals surface area (Å²) in [6.45, 7) is 9.12. The second kappa shape index (κ2) is 7.16. The van der Waals surface area contributed by atoms with Crippen molar-refractivity contribution >= 4 is 22.1 Å². The van der Waals surface area contributed by atoms with Gasteiger partial charge in [0.05, 0.1) is 0 Å². The summed E-state index contributed by atoms with van der Waals surface area (Å²) in [5, 5.41) is 2.82. The SMILES string of the molecule is Cc1ccc(-c2c(N3CCCC3)cc(N3CCCC3)c3ccc(C)cc23)cc1. The van der Waals surface area contributed by atoms with Crippen LogP contribution in [0.15, 0.2) is 48.5 Å². The molecule has 0 N–H and O–H groups in total. The first-order valence-corrected chi connectivity index (χ1v) is 10.8. The van der Waals surface area contributed by atoms with E-state index in [0.29, 0.717) is 0 Å². The molecule has 0 atom stereocenters. The van der Waals surface area contributed by atoms with Crippen molar-refractivity contribution in [1.29, 1.82) is 0 Å². The van der Waals surface area contributed by atoms with Crippen LogP contribution in [0.3, 0.4) is 0 Å². The topological polar surface area (TPSA) is 6.48 Å². The van der Waals surface area contributed by atoms with Crippen LogP contribution in [0.25, 0.3) is 21.9 Å². The van der Waals surface area contributed by atoms with Crippen LogP contribution in [-0.4, -0.2) is 26.2 Å². The van der Waals surface area contributed by atoms with E-state index in [0.717, 1.165) is 0 Å². The largest absolute Gasteiger partial charge is 0.371 e. The van der Waals surface area contributed by atoms with Gasteiger partial charge in [-0.3, -0.25) is 0 Å². The predicted octanol–water partition coefficient (Wildman–Crippen LogP) is 6.32. The van der Waals surface area contributed by atoms with Gasteiger partial charge in [-0.15, -0.1) is 0 Å². The van der Waals surface area contributed by atoms with Crippen LogP contribution in [0.4, 0.5) is 11.4 Å². The second-order valence-electron chi connectivity index (χ2n) is 8.59. The molecule has 0 aromatic heterocycles. The van der Waals surface area contributed by atoms with E-state index in [1.54, 1.807) is 0 Å². The number of benzene rings is 3. The van der Waals surface area contributed by atoms with E-state index in [2.05, 4.69) is 72.2 Å².